The van der Waals surface area contributed by atoms with E-state index in [2.05, 4.69) is 46.7 Å². The van der Waals surface area contributed by atoms with Crippen molar-refractivity contribution in [3.8, 4) is 0 Å². The highest BCUT2D eigenvalue weighted by Crippen LogP contribution is 2.41. The topological polar surface area (TPSA) is 32.3 Å². The molecule has 1 atom stereocenters. The molecule has 92 valence electrons. The van der Waals surface area contributed by atoms with Gasteiger partial charge in [0.1, 0.15) is 6.17 Å². The molecule has 0 N–H and O–H groups in total. The lowest BCUT2D eigenvalue weighted by molar-refractivity contribution is 0.729. The third kappa shape index (κ3) is 1.45. The minimum Gasteiger partial charge on any atom is -0.351 e. The molecule has 0 spiro atoms. The molecular formula is C14H16N4. The van der Waals surface area contributed by atoms with Gasteiger partial charge >= 0.3 is 0 Å². The third-order valence-corrected chi connectivity index (χ3v) is 3.56. The first-order valence-corrected chi connectivity index (χ1v) is 6.08. The van der Waals surface area contributed by atoms with Crippen molar-refractivity contribution >= 4 is 17.2 Å². The number of rotatable bonds is 1. The number of anilines is 3. The molecule has 4 heteroatoms. The maximum absolute atomic E-state index is 4.52. The molecule has 18 heavy (non-hydrogen) atoms. The summed E-state index contributed by atoms with van der Waals surface area (Å²) in [6, 6.07) is 6.13. The summed E-state index contributed by atoms with van der Waals surface area (Å²) in [5, 5.41) is 0. The summed E-state index contributed by atoms with van der Waals surface area (Å²) in [6.07, 6.45) is 5.82. The van der Waals surface area contributed by atoms with Gasteiger partial charge in [-0.2, -0.15) is 0 Å². The Morgan fingerprint density at radius 3 is 2.78 bits per heavy atom. The van der Waals surface area contributed by atoms with Crippen LogP contribution in [0.1, 0.15) is 12.5 Å². The summed E-state index contributed by atoms with van der Waals surface area (Å²) < 4.78 is 0. The predicted molar refractivity (Wildman–Crippen MR) is 73.2 cm³/mol. The molecule has 0 amide bonds. The lowest BCUT2D eigenvalue weighted by Crippen LogP contribution is -2.36. The Hall–Kier alpha value is -2.10. The second-order valence-electron chi connectivity index (χ2n) is 4.62. The lowest BCUT2D eigenvalue weighted by atomic mass is 10.2. The number of aromatic nitrogens is 2. The van der Waals surface area contributed by atoms with E-state index >= 15 is 0 Å². The molecule has 4 nitrogen and oxygen atoms in total. The molecule has 0 radical (unpaired) electrons. The van der Waals surface area contributed by atoms with Crippen LogP contribution in [0.3, 0.4) is 0 Å². The molecule has 0 bridgehead atoms. The Morgan fingerprint density at radius 2 is 2.00 bits per heavy atom. The van der Waals surface area contributed by atoms with Crippen molar-refractivity contribution in [1.29, 1.82) is 0 Å². The Labute approximate surface area is 107 Å². The molecule has 1 aliphatic heterocycles. The van der Waals surface area contributed by atoms with Crippen LogP contribution in [0.2, 0.25) is 0 Å². The van der Waals surface area contributed by atoms with E-state index in [4.69, 9.17) is 0 Å². The molecule has 2 aromatic rings. The van der Waals surface area contributed by atoms with Crippen LogP contribution in [-0.2, 0) is 0 Å². The molecule has 1 aliphatic rings. The summed E-state index contributed by atoms with van der Waals surface area (Å²) >= 11 is 0. The van der Waals surface area contributed by atoms with E-state index < -0.39 is 0 Å². The normalized spacial score (nSPS) is 18.1. The van der Waals surface area contributed by atoms with Crippen LogP contribution < -0.4 is 9.80 Å². The molecule has 0 unspecified atom stereocenters. The van der Waals surface area contributed by atoms with Gasteiger partial charge in [-0.25, -0.2) is 4.98 Å². The highest BCUT2D eigenvalue weighted by Gasteiger charge is 2.32. The molecule has 3 rings (SSSR count). The summed E-state index contributed by atoms with van der Waals surface area (Å²) in [7, 11) is 2.10. The SMILES string of the molecule is Cc1cnccc1N1c2ncccc2N(C)[C@@H]1C. The molecule has 0 aromatic carbocycles. The van der Waals surface area contributed by atoms with Gasteiger partial charge in [0.25, 0.3) is 0 Å². The van der Waals surface area contributed by atoms with Crippen molar-refractivity contribution in [3.05, 3.63) is 42.4 Å². The Morgan fingerprint density at radius 1 is 1.17 bits per heavy atom. The van der Waals surface area contributed by atoms with E-state index in [0.717, 1.165) is 11.4 Å². The van der Waals surface area contributed by atoms with E-state index in [1.807, 2.05) is 30.7 Å². The van der Waals surface area contributed by atoms with Crippen LogP contribution in [0.25, 0.3) is 0 Å². The summed E-state index contributed by atoms with van der Waals surface area (Å²) in [6.45, 7) is 4.26. The average molecular weight is 240 g/mol. The zero-order chi connectivity index (χ0) is 12.7. The van der Waals surface area contributed by atoms with Gasteiger partial charge in [-0.05, 0) is 37.6 Å². The monoisotopic (exact) mass is 240 g/mol. The second-order valence-corrected chi connectivity index (χ2v) is 4.62. The fraction of sp³-hybridized carbons (Fsp3) is 0.286. The number of nitrogens with zero attached hydrogens (tertiary/aromatic N) is 4. The highest BCUT2D eigenvalue weighted by atomic mass is 15.4. The largest absolute Gasteiger partial charge is 0.351 e. The molecule has 0 fully saturated rings. The maximum Gasteiger partial charge on any atom is 0.158 e. The number of fused-ring (bicyclic) bond motifs is 1. The average Bonchev–Trinajstić information content (AvgIpc) is 2.64. The minimum absolute atomic E-state index is 0.260. The zero-order valence-electron chi connectivity index (χ0n) is 10.8. The van der Waals surface area contributed by atoms with Gasteiger partial charge in [0.15, 0.2) is 5.82 Å². The van der Waals surface area contributed by atoms with Crippen molar-refractivity contribution in [3.63, 3.8) is 0 Å². The standard InChI is InChI=1S/C14H16N4/c1-10-9-15-8-6-12(10)18-11(2)17(3)13-5-4-7-16-14(13)18/h4-9,11H,1-3H3/t11-/m0/s1. The highest BCUT2D eigenvalue weighted by molar-refractivity contribution is 5.80. The summed E-state index contributed by atoms with van der Waals surface area (Å²) in [5.41, 5.74) is 3.50. The van der Waals surface area contributed by atoms with Gasteiger partial charge in [-0.1, -0.05) is 0 Å². The molecule has 0 saturated carbocycles. The van der Waals surface area contributed by atoms with Gasteiger partial charge in [0.05, 0.1) is 11.4 Å². The number of aryl methyl sites for hydroxylation is 1. The number of hydrogen-bond acceptors (Lipinski definition) is 4. The van der Waals surface area contributed by atoms with Gasteiger partial charge in [-0.3, -0.25) is 4.98 Å². The van der Waals surface area contributed by atoms with Gasteiger partial charge in [0.2, 0.25) is 0 Å². The van der Waals surface area contributed by atoms with Crippen LogP contribution in [0, 0.1) is 6.92 Å². The van der Waals surface area contributed by atoms with Crippen molar-refractivity contribution in [2.75, 3.05) is 16.8 Å². The molecular weight excluding hydrogens is 224 g/mol. The fourth-order valence-corrected chi connectivity index (χ4v) is 2.45. The van der Waals surface area contributed by atoms with Gasteiger partial charge < -0.3 is 9.80 Å². The van der Waals surface area contributed by atoms with Crippen molar-refractivity contribution in [2.45, 2.75) is 20.0 Å². The van der Waals surface area contributed by atoms with E-state index in [9.17, 15) is 0 Å². The van der Waals surface area contributed by atoms with Crippen molar-refractivity contribution < 1.29 is 0 Å². The van der Waals surface area contributed by atoms with Crippen molar-refractivity contribution in [1.82, 2.24) is 9.97 Å². The Bertz CT molecular complexity index is 582. The number of hydrogen-bond donors (Lipinski definition) is 0. The molecule has 0 aliphatic carbocycles. The smallest absolute Gasteiger partial charge is 0.158 e. The fourth-order valence-electron chi connectivity index (χ4n) is 2.45. The third-order valence-electron chi connectivity index (χ3n) is 3.56. The van der Waals surface area contributed by atoms with E-state index in [1.54, 1.807) is 0 Å². The zero-order valence-corrected chi connectivity index (χ0v) is 10.8. The van der Waals surface area contributed by atoms with Crippen LogP contribution in [0.15, 0.2) is 36.8 Å². The first-order valence-electron chi connectivity index (χ1n) is 6.08. The van der Waals surface area contributed by atoms with Crippen LogP contribution in [0.4, 0.5) is 17.2 Å². The van der Waals surface area contributed by atoms with Gasteiger partial charge in [0, 0.05) is 25.6 Å². The quantitative estimate of drug-likeness (QED) is 0.767. The second kappa shape index (κ2) is 3.98. The molecule has 2 aromatic heterocycles. The first kappa shape index (κ1) is 11.0. The van der Waals surface area contributed by atoms with Crippen LogP contribution in [0.5, 0.6) is 0 Å². The lowest BCUT2D eigenvalue weighted by Gasteiger charge is -2.27. The number of pyridine rings is 2. The van der Waals surface area contributed by atoms with Gasteiger partial charge in [-0.15, -0.1) is 0 Å². The van der Waals surface area contributed by atoms with E-state index in [0.29, 0.717) is 0 Å². The van der Waals surface area contributed by atoms with Crippen LogP contribution in [-0.4, -0.2) is 23.2 Å². The Kier molecular flexibility index (Phi) is 2.44. The predicted octanol–water partition coefficient (Wildman–Crippen LogP) is 2.72. The minimum atomic E-state index is 0.260. The summed E-state index contributed by atoms with van der Waals surface area (Å²) in [4.78, 5) is 13.2. The first-order chi connectivity index (χ1) is 8.70. The van der Waals surface area contributed by atoms with E-state index in [-0.39, 0.29) is 6.17 Å². The summed E-state index contributed by atoms with van der Waals surface area (Å²) in [5.74, 6) is 1.02. The maximum atomic E-state index is 4.52. The van der Waals surface area contributed by atoms with Crippen LogP contribution >= 0.6 is 0 Å². The van der Waals surface area contributed by atoms with Crippen molar-refractivity contribution in [2.24, 2.45) is 0 Å². The molecule has 0 saturated heterocycles. The molecule has 3 heterocycles. The Balaban J connectivity index is 2.16. The van der Waals surface area contributed by atoms with E-state index in [1.165, 1.54) is 11.4 Å².